The molecular weight excluding hydrogens is 393 g/mol. The van der Waals surface area contributed by atoms with Crippen molar-refractivity contribution in [1.29, 1.82) is 0 Å². The molecule has 0 heterocycles. The lowest BCUT2D eigenvalue weighted by Crippen LogP contribution is -2.39. The molecule has 126 valence electrons. The topological polar surface area (TPSA) is 65.9 Å². The zero-order valence-electron chi connectivity index (χ0n) is 13.4. The third-order valence-corrected chi connectivity index (χ3v) is 2.82. The van der Waals surface area contributed by atoms with E-state index in [1.54, 1.807) is 0 Å². The van der Waals surface area contributed by atoms with Crippen molar-refractivity contribution in [3.8, 4) is 0 Å². The summed E-state index contributed by atoms with van der Waals surface area (Å²) in [5, 5.41) is 15.0. The van der Waals surface area contributed by atoms with Crippen molar-refractivity contribution in [1.82, 2.24) is 10.6 Å². The fraction of sp³-hybridized carbons (Fsp3) is 0.562. The predicted molar refractivity (Wildman–Crippen MR) is 102 cm³/mol. The van der Waals surface area contributed by atoms with Crippen LogP contribution in [0.2, 0.25) is 0 Å². The Morgan fingerprint density at radius 3 is 2.64 bits per heavy atom. The van der Waals surface area contributed by atoms with Crippen molar-refractivity contribution in [2.75, 3.05) is 32.8 Å². The molecule has 0 aliphatic carbocycles. The summed E-state index contributed by atoms with van der Waals surface area (Å²) in [6.07, 6.45) is 0. The van der Waals surface area contributed by atoms with Gasteiger partial charge in [-0.15, -0.1) is 24.0 Å². The number of ether oxygens (including phenoxy) is 1. The molecule has 5 nitrogen and oxygen atoms in total. The van der Waals surface area contributed by atoms with Crippen LogP contribution in [0, 0.1) is 5.92 Å². The summed E-state index contributed by atoms with van der Waals surface area (Å²) in [7, 11) is 0. The summed E-state index contributed by atoms with van der Waals surface area (Å²) in [6, 6.07) is 10.2. The highest BCUT2D eigenvalue weighted by molar-refractivity contribution is 14.0. The number of nitrogens with zero attached hydrogens (tertiary/aromatic N) is 1. The van der Waals surface area contributed by atoms with Gasteiger partial charge in [0.05, 0.1) is 19.8 Å². The molecule has 1 unspecified atom stereocenters. The number of hydrogen-bond acceptors (Lipinski definition) is 3. The largest absolute Gasteiger partial charge is 0.395 e. The summed E-state index contributed by atoms with van der Waals surface area (Å²) in [5.74, 6) is 1.08. The van der Waals surface area contributed by atoms with Gasteiger partial charge in [-0.05, 0) is 18.4 Å². The second kappa shape index (κ2) is 13.8. The fourth-order valence-corrected chi connectivity index (χ4v) is 1.77. The molecule has 0 spiro atoms. The van der Waals surface area contributed by atoms with Crippen LogP contribution in [0.5, 0.6) is 0 Å². The minimum Gasteiger partial charge on any atom is -0.395 e. The van der Waals surface area contributed by atoms with Crippen LogP contribution in [0.25, 0.3) is 0 Å². The second-order valence-corrected chi connectivity index (χ2v) is 4.98. The van der Waals surface area contributed by atoms with E-state index in [4.69, 9.17) is 9.84 Å². The average molecular weight is 421 g/mol. The van der Waals surface area contributed by atoms with Crippen LogP contribution in [0.15, 0.2) is 35.3 Å². The molecule has 1 aromatic carbocycles. The van der Waals surface area contributed by atoms with E-state index in [2.05, 4.69) is 34.7 Å². The van der Waals surface area contributed by atoms with Crippen LogP contribution >= 0.6 is 24.0 Å². The molecule has 0 fully saturated rings. The molecule has 0 amide bonds. The number of guanidine groups is 1. The minimum absolute atomic E-state index is 0. The first-order valence-corrected chi connectivity index (χ1v) is 7.51. The van der Waals surface area contributed by atoms with Gasteiger partial charge in [0.1, 0.15) is 0 Å². The van der Waals surface area contributed by atoms with E-state index in [9.17, 15) is 0 Å². The van der Waals surface area contributed by atoms with Crippen molar-refractivity contribution in [2.24, 2.45) is 10.9 Å². The lowest BCUT2D eigenvalue weighted by molar-refractivity contribution is 0.0945. The Labute approximate surface area is 150 Å². The van der Waals surface area contributed by atoms with Gasteiger partial charge in [0.25, 0.3) is 0 Å². The van der Waals surface area contributed by atoms with Crippen LogP contribution in [0.1, 0.15) is 19.4 Å². The van der Waals surface area contributed by atoms with Gasteiger partial charge < -0.3 is 20.5 Å². The van der Waals surface area contributed by atoms with E-state index in [0.717, 1.165) is 12.5 Å². The summed E-state index contributed by atoms with van der Waals surface area (Å²) in [4.78, 5) is 4.48. The molecule has 1 rings (SSSR count). The number of aliphatic hydroxyl groups is 1. The van der Waals surface area contributed by atoms with E-state index in [1.165, 1.54) is 5.56 Å². The normalized spacial score (nSPS) is 12.4. The van der Waals surface area contributed by atoms with Gasteiger partial charge in [0.2, 0.25) is 0 Å². The molecular formula is C16H28IN3O2. The van der Waals surface area contributed by atoms with E-state index in [-0.39, 0.29) is 30.6 Å². The maximum absolute atomic E-state index is 8.82. The van der Waals surface area contributed by atoms with Crippen LogP contribution in [0.3, 0.4) is 0 Å². The number of aliphatic imine (C=N–C) groups is 1. The van der Waals surface area contributed by atoms with Gasteiger partial charge in [-0.25, -0.2) is 0 Å². The van der Waals surface area contributed by atoms with Crippen LogP contribution in [0.4, 0.5) is 0 Å². The lowest BCUT2D eigenvalue weighted by atomic mass is 10.2. The Morgan fingerprint density at radius 2 is 2.00 bits per heavy atom. The van der Waals surface area contributed by atoms with Crippen LogP contribution in [-0.2, 0) is 11.3 Å². The van der Waals surface area contributed by atoms with Crippen molar-refractivity contribution in [3.05, 3.63) is 35.9 Å². The molecule has 0 aromatic heterocycles. The van der Waals surface area contributed by atoms with Crippen molar-refractivity contribution >= 4 is 29.9 Å². The van der Waals surface area contributed by atoms with Crippen molar-refractivity contribution in [3.63, 3.8) is 0 Å². The fourth-order valence-electron chi connectivity index (χ4n) is 1.77. The van der Waals surface area contributed by atoms with Gasteiger partial charge >= 0.3 is 0 Å². The number of halogens is 1. The predicted octanol–water partition coefficient (Wildman–Crippen LogP) is 2.00. The molecule has 22 heavy (non-hydrogen) atoms. The van der Waals surface area contributed by atoms with Crippen LogP contribution < -0.4 is 10.6 Å². The Morgan fingerprint density at radius 1 is 1.27 bits per heavy atom. The molecule has 6 heteroatoms. The Hall–Kier alpha value is -0.860. The number of rotatable bonds is 9. The first kappa shape index (κ1) is 21.1. The van der Waals surface area contributed by atoms with Gasteiger partial charge in [0.15, 0.2) is 5.96 Å². The minimum atomic E-state index is 0. The first-order valence-electron chi connectivity index (χ1n) is 7.51. The number of aliphatic hydroxyl groups excluding tert-OH is 1. The van der Waals surface area contributed by atoms with E-state index < -0.39 is 0 Å². The second-order valence-electron chi connectivity index (χ2n) is 4.98. The molecule has 0 saturated heterocycles. The Bertz CT molecular complexity index is 402. The van der Waals surface area contributed by atoms with Crippen molar-refractivity contribution < 1.29 is 9.84 Å². The van der Waals surface area contributed by atoms with Crippen molar-refractivity contribution in [2.45, 2.75) is 20.5 Å². The van der Waals surface area contributed by atoms with E-state index in [0.29, 0.717) is 32.2 Å². The third-order valence-electron chi connectivity index (χ3n) is 2.82. The quantitative estimate of drug-likeness (QED) is 0.324. The summed E-state index contributed by atoms with van der Waals surface area (Å²) >= 11 is 0. The molecule has 0 aliphatic rings. The zero-order chi connectivity index (χ0) is 15.3. The zero-order valence-corrected chi connectivity index (χ0v) is 15.7. The number of nitrogens with one attached hydrogen (secondary N) is 2. The highest BCUT2D eigenvalue weighted by Crippen LogP contribution is 2.03. The third kappa shape index (κ3) is 9.97. The maximum atomic E-state index is 8.82. The highest BCUT2D eigenvalue weighted by Gasteiger charge is 2.03. The van der Waals surface area contributed by atoms with Gasteiger partial charge in [0, 0.05) is 19.6 Å². The van der Waals surface area contributed by atoms with Gasteiger partial charge in [-0.3, -0.25) is 4.99 Å². The van der Waals surface area contributed by atoms with Gasteiger partial charge in [-0.1, -0.05) is 37.3 Å². The Kier molecular flexibility index (Phi) is 13.2. The van der Waals surface area contributed by atoms with Crippen LogP contribution in [-0.4, -0.2) is 43.9 Å². The molecule has 0 radical (unpaired) electrons. The monoisotopic (exact) mass is 421 g/mol. The number of benzene rings is 1. The summed E-state index contributed by atoms with van der Waals surface area (Å²) < 4.78 is 5.70. The number of hydrogen-bond donors (Lipinski definition) is 3. The first-order chi connectivity index (χ1) is 10.3. The summed E-state index contributed by atoms with van der Waals surface area (Å²) in [6.45, 7) is 7.54. The standard InChI is InChI=1S/C16H27N3O2.HI/c1-3-17-16(18-9-10-20)19-11-14(2)12-21-13-15-7-5-4-6-8-15;/h4-8,14,20H,3,9-13H2,1-2H3,(H2,17,18,19);1H. The Balaban J connectivity index is 0.00000441. The molecule has 0 bridgehead atoms. The SMILES string of the molecule is CCNC(=NCC(C)COCc1ccccc1)NCCO.I. The molecule has 0 aliphatic heterocycles. The summed E-state index contributed by atoms with van der Waals surface area (Å²) in [5.41, 5.74) is 1.19. The maximum Gasteiger partial charge on any atom is 0.191 e. The molecule has 1 atom stereocenters. The van der Waals surface area contributed by atoms with E-state index >= 15 is 0 Å². The highest BCUT2D eigenvalue weighted by atomic mass is 127. The lowest BCUT2D eigenvalue weighted by Gasteiger charge is -2.13. The molecule has 1 aromatic rings. The molecule has 0 saturated carbocycles. The smallest absolute Gasteiger partial charge is 0.191 e. The van der Waals surface area contributed by atoms with Gasteiger partial charge in [-0.2, -0.15) is 0 Å². The van der Waals surface area contributed by atoms with E-state index in [1.807, 2.05) is 25.1 Å². The average Bonchev–Trinajstić information content (AvgIpc) is 2.51. The molecule has 3 N–H and O–H groups in total.